The molecule has 1 N–H and O–H groups in total. The first kappa shape index (κ1) is 12.9. The van der Waals surface area contributed by atoms with E-state index in [4.69, 9.17) is 4.74 Å². The molecule has 2 heteroatoms. The van der Waals surface area contributed by atoms with E-state index >= 15 is 0 Å². The highest BCUT2D eigenvalue weighted by Crippen LogP contribution is 2.45. The smallest absolute Gasteiger partial charge is 0.0685 e. The highest BCUT2D eigenvalue weighted by Gasteiger charge is 2.44. The first-order chi connectivity index (χ1) is 8.83. The number of rotatable bonds is 4. The van der Waals surface area contributed by atoms with Crippen LogP contribution in [0.1, 0.15) is 64.7 Å². The number of ether oxygens (including phenoxy) is 1. The van der Waals surface area contributed by atoms with Crippen LogP contribution in [-0.2, 0) is 4.74 Å². The molecule has 3 aliphatic rings. The van der Waals surface area contributed by atoms with Gasteiger partial charge in [0.15, 0.2) is 0 Å². The lowest BCUT2D eigenvalue weighted by Gasteiger charge is -2.45. The van der Waals surface area contributed by atoms with Gasteiger partial charge in [0.05, 0.1) is 5.60 Å². The molecular weight excluding hydrogens is 222 g/mol. The van der Waals surface area contributed by atoms with Crippen LogP contribution in [0.2, 0.25) is 0 Å². The van der Waals surface area contributed by atoms with E-state index in [-0.39, 0.29) is 5.60 Å². The fourth-order valence-corrected chi connectivity index (χ4v) is 4.33. The monoisotopic (exact) mass is 251 g/mol. The molecule has 2 aliphatic carbocycles. The molecule has 0 aromatic heterocycles. The Morgan fingerprint density at radius 2 is 1.89 bits per heavy atom. The first-order valence-electron chi connectivity index (χ1n) is 8.20. The van der Waals surface area contributed by atoms with E-state index < -0.39 is 0 Å². The van der Waals surface area contributed by atoms with Gasteiger partial charge < -0.3 is 10.1 Å². The Morgan fingerprint density at radius 3 is 2.56 bits per heavy atom. The standard InChI is InChI=1S/C16H29NO/c1-2-17-15(13-6-7-13)14-8-11-18-16(12-14)9-4-3-5-10-16/h13-15,17H,2-12H2,1H3. The first-order valence-corrected chi connectivity index (χ1v) is 8.20. The summed E-state index contributed by atoms with van der Waals surface area (Å²) in [6.07, 6.45) is 12.4. The van der Waals surface area contributed by atoms with E-state index in [9.17, 15) is 0 Å². The normalized spacial score (nSPS) is 33.5. The van der Waals surface area contributed by atoms with Crippen LogP contribution in [0.5, 0.6) is 0 Å². The van der Waals surface area contributed by atoms with Gasteiger partial charge >= 0.3 is 0 Å². The maximum absolute atomic E-state index is 6.24. The summed E-state index contributed by atoms with van der Waals surface area (Å²) in [5, 5.41) is 3.78. The molecule has 0 bridgehead atoms. The van der Waals surface area contributed by atoms with E-state index in [1.54, 1.807) is 0 Å². The maximum atomic E-state index is 6.24. The largest absolute Gasteiger partial charge is 0.375 e. The molecule has 1 spiro atoms. The molecule has 18 heavy (non-hydrogen) atoms. The summed E-state index contributed by atoms with van der Waals surface area (Å²) in [4.78, 5) is 0. The Labute approximate surface area is 112 Å². The quantitative estimate of drug-likeness (QED) is 0.825. The lowest BCUT2D eigenvalue weighted by molar-refractivity contribution is -0.122. The summed E-state index contributed by atoms with van der Waals surface area (Å²) in [6, 6.07) is 0.790. The van der Waals surface area contributed by atoms with Gasteiger partial charge in [0.2, 0.25) is 0 Å². The SMILES string of the molecule is CCNC(C1CC1)C1CCOC2(CCCCC2)C1. The highest BCUT2D eigenvalue weighted by molar-refractivity contribution is 4.97. The number of hydrogen-bond acceptors (Lipinski definition) is 2. The maximum Gasteiger partial charge on any atom is 0.0685 e. The van der Waals surface area contributed by atoms with Crippen LogP contribution >= 0.6 is 0 Å². The predicted molar refractivity (Wildman–Crippen MR) is 74.7 cm³/mol. The Balaban J connectivity index is 1.64. The Bertz CT molecular complexity index is 263. The minimum atomic E-state index is 0.281. The summed E-state index contributed by atoms with van der Waals surface area (Å²) in [6.45, 7) is 4.40. The third-order valence-electron chi connectivity index (χ3n) is 5.37. The zero-order valence-corrected chi connectivity index (χ0v) is 11.9. The van der Waals surface area contributed by atoms with Gasteiger partial charge in [0, 0.05) is 12.6 Å². The second-order valence-corrected chi connectivity index (χ2v) is 6.77. The lowest BCUT2D eigenvalue weighted by Crippen LogP contribution is -2.48. The van der Waals surface area contributed by atoms with Crippen molar-refractivity contribution in [1.82, 2.24) is 5.32 Å². The van der Waals surface area contributed by atoms with Crippen molar-refractivity contribution in [3.05, 3.63) is 0 Å². The van der Waals surface area contributed by atoms with Crippen molar-refractivity contribution in [2.75, 3.05) is 13.2 Å². The van der Waals surface area contributed by atoms with Gasteiger partial charge in [0.1, 0.15) is 0 Å². The topological polar surface area (TPSA) is 21.3 Å². The fourth-order valence-electron chi connectivity index (χ4n) is 4.33. The Hall–Kier alpha value is -0.0800. The van der Waals surface area contributed by atoms with Crippen LogP contribution in [0, 0.1) is 11.8 Å². The molecule has 0 aromatic rings. The van der Waals surface area contributed by atoms with Gasteiger partial charge in [-0.1, -0.05) is 26.2 Å². The molecule has 1 saturated heterocycles. The van der Waals surface area contributed by atoms with Gasteiger partial charge in [-0.05, 0) is 56.9 Å². The van der Waals surface area contributed by atoms with Crippen LogP contribution in [0.4, 0.5) is 0 Å². The van der Waals surface area contributed by atoms with E-state index in [1.165, 1.54) is 57.8 Å². The molecule has 0 aromatic carbocycles. The minimum absolute atomic E-state index is 0.281. The van der Waals surface area contributed by atoms with E-state index in [0.717, 1.165) is 31.0 Å². The fraction of sp³-hybridized carbons (Fsp3) is 1.00. The molecule has 2 unspecified atom stereocenters. The lowest BCUT2D eigenvalue weighted by atomic mass is 9.73. The molecular formula is C16H29NO. The number of nitrogens with one attached hydrogen (secondary N) is 1. The molecule has 0 amide bonds. The summed E-state index contributed by atoms with van der Waals surface area (Å²) in [5.41, 5.74) is 0.281. The van der Waals surface area contributed by atoms with E-state index in [0.29, 0.717) is 0 Å². The van der Waals surface area contributed by atoms with Gasteiger partial charge in [-0.25, -0.2) is 0 Å². The average molecular weight is 251 g/mol. The zero-order chi connectivity index (χ0) is 12.4. The third kappa shape index (κ3) is 2.75. The summed E-state index contributed by atoms with van der Waals surface area (Å²) in [7, 11) is 0. The van der Waals surface area contributed by atoms with Gasteiger partial charge in [-0.15, -0.1) is 0 Å². The average Bonchev–Trinajstić information content (AvgIpc) is 3.21. The molecule has 3 rings (SSSR count). The summed E-state index contributed by atoms with van der Waals surface area (Å²) >= 11 is 0. The van der Waals surface area contributed by atoms with Crippen LogP contribution < -0.4 is 5.32 Å². The Morgan fingerprint density at radius 1 is 1.11 bits per heavy atom. The molecule has 1 heterocycles. The molecule has 3 fully saturated rings. The molecule has 2 atom stereocenters. The van der Waals surface area contributed by atoms with Crippen LogP contribution in [0.3, 0.4) is 0 Å². The van der Waals surface area contributed by atoms with Gasteiger partial charge in [-0.3, -0.25) is 0 Å². The molecule has 104 valence electrons. The van der Waals surface area contributed by atoms with Crippen molar-refractivity contribution in [3.63, 3.8) is 0 Å². The second-order valence-electron chi connectivity index (χ2n) is 6.77. The van der Waals surface area contributed by atoms with Crippen LogP contribution in [0.15, 0.2) is 0 Å². The zero-order valence-electron chi connectivity index (χ0n) is 11.9. The van der Waals surface area contributed by atoms with Crippen molar-refractivity contribution < 1.29 is 4.74 Å². The van der Waals surface area contributed by atoms with Crippen molar-refractivity contribution in [2.24, 2.45) is 11.8 Å². The van der Waals surface area contributed by atoms with Crippen molar-refractivity contribution >= 4 is 0 Å². The predicted octanol–water partition coefficient (Wildman–Crippen LogP) is 3.50. The molecule has 2 saturated carbocycles. The third-order valence-corrected chi connectivity index (χ3v) is 5.37. The molecule has 0 radical (unpaired) electrons. The van der Waals surface area contributed by atoms with Crippen LogP contribution in [0.25, 0.3) is 0 Å². The molecule has 2 nitrogen and oxygen atoms in total. The molecule has 1 aliphatic heterocycles. The van der Waals surface area contributed by atoms with Crippen molar-refractivity contribution in [3.8, 4) is 0 Å². The summed E-state index contributed by atoms with van der Waals surface area (Å²) in [5.74, 6) is 1.86. The summed E-state index contributed by atoms with van der Waals surface area (Å²) < 4.78 is 6.24. The highest BCUT2D eigenvalue weighted by atomic mass is 16.5. The van der Waals surface area contributed by atoms with Gasteiger partial charge in [-0.2, -0.15) is 0 Å². The van der Waals surface area contributed by atoms with Crippen molar-refractivity contribution in [2.45, 2.75) is 76.4 Å². The van der Waals surface area contributed by atoms with Gasteiger partial charge in [0.25, 0.3) is 0 Å². The second kappa shape index (κ2) is 5.50. The Kier molecular flexibility index (Phi) is 3.95. The van der Waals surface area contributed by atoms with E-state index in [2.05, 4.69) is 12.2 Å². The van der Waals surface area contributed by atoms with Crippen LogP contribution in [-0.4, -0.2) is 24.8 Å². The minimum Gasteiger partial charge on any atom is -0.375 e. The number of hydrogen-bond donors (Lipinski definition) is 1. The van der Waals surface area contributed by atoms with E-state index in [1.807, 2.05) is 0 Å². The van der Waals surface area contributed by atoms with Crippen molar-refractivity contribution in [1.29, 1.82) is 0 Å².